The zero-order valence-electron chi connectivity index (χ0n) is 35.5. The third-order valence-corrected chi connectivity index (χ3v) is 12.9. The van der Waals surface area contributed by atoms with E-state index in [0.717, 1.165) is 25.7 Å². The van der Waals surface area contributed by atoms with Crippen molar-refractivity contribution >= 4 is 34.1 Å². The molecule has 0 saturated carbocycles. The Balaban J connectivity index is 1.38. The normalized spacial score (nSPS) is 12.8. The molecule has 0 spiro atoms. The second kappa shape index (κ2) is 14.9. The van der Waals surface area contributed by atoms with Crippen molar-refractivity contribution in [2.75, 3.05) is 9.80 Å². The minimum Gasteiger partial charge on any atom is -0.310 e. The van der Waals surface area contributed by atoms with Crippen molar-refractivity contribution in [3.63, 3.8) is 0 Å². The molecule has 0 saturated heterocycles. The SMILES string of the molecule is CCc1ccc(N(c2cc(C)c(C)c(C)c2)c2ccc3c(c2)C(C)(C)c2cc(N(c4cc(C)c(C)c(C)c4)c4ccc(CC)c(CC)c4)ccc2-3)cc1CC. The van der Waals surface area contributed by atoms with Crippen molar-refractivity contribution in [2.24, 2.45) is 0 Å². The lowest BCUT2D eigenvalue weighted by molar-refractivity contribution is 0.660. The third kappa shape index (κ3) is 6.69. The topological polar surface area (TPSA) is 6.48 Å². The molecule has 282 valence electrons. The number of benzene rings is 6. The summed E-state index contributed by atoms with van der Waals surface area (Å²) < 4.78 is 0. The highest BCUT2D eigenvalue weighted by atomic mass is 15.1. The Hall–Kier alpha value is -5.08. The molecule has 55 heavy (non-hydrogen) atoms. The van der Waals surface area contributed by atoms with Crippen LogP contribution in [-0.2, 0) is 31.1 Å². The Bertz CT molecular complexity index is 2210. The standard InChI is InChI=1S/C53H60N2/c1-13-39-17-19-43(29-41(39)15-3)54(47-25-33(5)37(9)34(6)26-47)45-21-23-49-50-24-22-46(32-52(50)53(11,12)51(49)31-45)55(48-27-35(7)38(10)36(8)28-48)44-20-18-40(14-2)42(16-4)30-44/h17-32H,13-16H2,1-12H3. The minimum atomic E-state index is -0.201. The smallest absolute Gasteiger partial charge is 0.0467 e. The molecule has 6 aromatic rings. The van der Waals surface area contributed by atoms with E-state index in [2.05, 4.69) is 190 Å². The molecular weight excluding hydrogens is 665 g/mol. The maximum atomic E-state index is 2.48. The fourth-order valence-corrected chi connectivity index (χ4v) is 9.02. The van der Waals surface area contributed by atoms with Gasteiger partial charge < -0.3 is 9.80 Å². The van der Waals surface area contributed by atoms with E-state index < -0.39 is 0 Å². The summed E-state index contributed by atoms with van der Waals surface area (Å²) in [5, 5.41) is 0. The van der Waals surface area contributed by atoms with Gasteiger partial charge in [0, 0.05) is 39.5 Å². The summed E-state index contributed by atoms with van der Waals surface area (Å²) in [7, 11) is 0. The highest BCUT2D eigenvalue weighted by molar-refractivity contribution is 5.89. The molecule has 2 heteroatoms. The molecule has 2 nitrogen and oxygen atoms in total. The first-order chi connectivity index (χ1) is 26.3. The van der Waals surface area contributed by atoms with Crippen molar-refractivity contribution in [3.05, 3.63) is 164 Å². The van der Waals surface area contributed by atoms with Gasteiger partial charge in [-0.3, -0.25) is 0 Å². The molecule has 0 fully saturated rings. The fourth-order valence-electron chi connectivity index (χ4n) is 9.02. The van der Waals surface area contributed by atoms with Crippen molar-refractivity contribution < 1.29 is 0 Å². The van der Waals surface area contributed by atoms with Gasteiger partial charge in [-0.25, -0.2) is 0 Å². The van der Waals surface area contributed by atoms with Crippen LogP contribution in [0.4, 0.5) is 34.1 Å². The van der Waals surface area contributed by atoms with Gasteiger partial charge in [0.1, 0.15) is 0 Å². The average molecular weight is 725 g/mol. The lowest BCUT2D eigenvalue weighted by Crippen LogP contribution is -2.18. The van der Waals surface area contributed by atoms with Crippen LogP contribution < -0.4 is 9.80 Å². The summed E-state index contributed by atoms with van der Waals surface area (Å²) in [4.78, 5) is 4.97. The molecule has 0 aliphatic heterocycles. The number of nitrogens with zero attached hydrogens (tertiary/aromatic N) is 2. The highest BCUT2D eigenvalue weighted by Crippen LogP contribution is 2.53. The van der Waals surface area contributed by atoms with Crippen LogP contribution in [0.1, 0.15) is 108 Å². The van der Waals surface area contributed by atoms with Gasteiger partial charge in [0.25, 0.3) is 0 Å². The van der Waals surface area contributed by atoms with Crippen LogP contribution in [0.3, 0.4) is 0 Å². The third-order valence-electron chi connectivity index (χ3n) is 12.9. The Morgan fingerprint density at radius 1 is 0.364 bits per heavy atom. The first kappa shape index (κ1) is 38.2. The zero-order valence-corrected chi connectivity index (χ0v) is 35.5. The predicted octanol–water partition coefficient (Wildman–Crippen LogP) is 15.0. The minimum absolute atomic E-state index is 0.201. The summed E-state index contributed by atoms with van der Waals surface area (Å²) in [5.74, 6) is 0. The van der Waals surface area contributed by atoms with Crippen LogP contribution in [0.15, 0.2) is 97.1 Å². The summed E-state index contributed by atoms with van der Waals surface area (Å²) in [5.41, 5.74) is 26.2. The van der Waals surface area contributed by atoms with Crippen LogP contribution >= 0.6 is 0 Å². The lowest BCUT2D eigenvalue weighted by atomic mass is 9.82. The summed E-state index contributed by atoms with van der Waals surface area (Å²) in [6.45, 7) is 27.3. The van der Waals surface area contributed by atoms with E-state index in [-0.39, 0.29) is 5.41 Å². The number of fused-ring (bicyclic) bond motifs is 3. The molecule has 1 aliphatic rings. The second-order valence-electron chi connectivity index (χ2n) is 16.5. The predicted molar refractivity (Wildman–Crippen MR) is 239 cm³/mol. The van der Waals surface area contributed by atoms with Gasteiger partial charge in [0.15, 0.2) is 0 Å². The molecule has 0 amide bonds. The van der Waals surface area contributed by atoms with E-state index in [1.165, 1.54) is 112 Å². The van der Waals surface area contributed by atoms with Gasteiger partial charge in [-0.05, 0) is 218 Å². The number of anilines is 6. The summed E-state index contributed by atoms with van der Waals surface area (Å²) >= 11 is 0. The first-order valence-electron chi connectivity index (χ1n) is 20.6. The number of aryl methyl sites for hydroxylation is 8. The first-order valence-corrected chi connectivity index (χ1v) is 20.6. The molecule has 0 bridgehead atoms. The van der Waals surface area contributed by atoms with Gasteiger partial charge in [0.2, 0.25) is 0 Å². The average Bonchev–Trinajstić information content (AvgIpc) is 3.40. The van der Waals surface area contributed by atoms with Crippen LogP contribution in [-0.4, -0.2) is 0 Å². The van der Waals surface area contributed by atoms with E-state index in [4.69, 9.17) is 0 Å². The molecule has 0 heterocycles. The van der Waals surface area contributed by atoms with Crippen molar-refractivity contribution in [1.29, 1.82) is 0 Å². The molecule has 6 aromatic carbocycles. The molecule has 0 atom stereocenters. The Morgan fingerprint density at radius 3 is 1.00 bits per heavy atom. The molecule has 1 aliphatic carbocycles. The molecule has 0 N–H and O–H groups in total. The van der Waals surface area contributed by atoms with E-state index in [9.17, 15) is 0 Å². The molecule has 0 unspecified atom stereocenters. The van der Waals surface area contributed by atoms with Gasteiger partial charge >= 0.3 is 0 Å². The van der Waals surface area contributed by atoms with Gasteiger partial charge in [-0.1, -0.05) is 65.8 Å². The largest absolute Gasteiger partial charge is 0.310 e. The summed E-state index contributed by atoms with van der Waals surface area (Å²) in [6, 6.07) is 38.0. The second-order valence-corrected chi connectivity index (χ2v) is 16.5. The molecule has 0 radical (unpaired) electrons. The van der Waals surface area contributed by atoms with E-state index in [1.54, 1.807) is 0 Å². The Morgan fingerprint density at radius 2 is 0.673 bits per heavy atom. The van der Waals surface area contributed by atoms with Crippen LogP contribution in [0.5, 0.6) is 0 Å². The van der Waals surface area contributed by atoms with E-state index >= 15 is 0 Å². The van der Waals surface area contributed by atoms with Crippen LogP contribution in [0.25, 0.3) is 11.1 Å². The lowest BCUT2D eigenvalue weighted by Gasteiger charge is -2.30. The zero-order chi connectivity index (χ0) is 39.3. The van der Waals surface area contributed by atoms with E-state index in [1.807, 2.05) is 0 Å². The van der Waals surface area contributed by atoms with Gasteiger partial charge in [-0.2, -0.15) is 0 Å². The van der Waals surface area contributed by atoms with Crippen molar-refractivity contribution in [3.8, 4) is 11.1 Å². The van der Waals surface area contributed by atoms with Crippen molar-refractivity contribution in [2.45, 2.75) is 114 Å². The monoisotopic (exact) mass is 724 g/mol. The Labute approximate surface area is 331 Å². The Kier molecular flexibility index (Phi) is 10.3. The van der Waals surface area contributed by atoms with Crippen LogP contribution in [0, 0.1) is 41.5 Å². The van der Waals surface area contributed by atoms with Crippen LogP contribution in [0.2, 0.25) is 0 Å². The van der Waals surface area contributed by atoms with Gasteiger partial charge in [0.05, 0.1) is 0 Å². The fraction of sp³-hybridized carbons (Fsp3) is 0.321. The molecule has 0 aromatic heterocycles. The van der Waals surface area contributed by atoms with E-state index in [0.29, 0.717) is 0 Å². The highest BCUT2D eigenvalue weighted by Gasteiger charge is 2.37. The maximum Gasteiger partial charge on any atom is 0.0467 e. The maximum absolute atomic E-state index is 2.48. The number of hydrogen-bond acceptors (Lipinski definition) is 2. The summed E-state index contributed by atoms with van der Waals surface area (Å²) in [6.07, 6.45) is 4.13. The van der Waals surface area contributed by atoms with Crippen molar-refractivity contribution in [1.82, 2.24) is 0 Å². The van der Waals surface area contributed by atoms with Gasteiger partial charge in [-0.15, -0.1) is 0 Å². The molecule has 7 rings (SSSR count). The molecular formula is C53H60N2. The number of rotatable bonds is 10. The number of hydrogen-bond donors (Lipinski definition) is 0. The quantitative estimate of drug-likeness (QED) is 0.139.